The number of hydrogen-bond acceptors (Lipinski definition) is 7. The zero-order chi connectivity index (χ0) is 16.3. The van der Waals surface area contributed by atoms with Gasteiger partial charge in [0.05, 0.1) is 6.26 Å². The molecule has 7 nitrogen and oxygen atoms in total. The second-order valence-corrected chi connectivity index (χ2v) is 8.47. The molecule has 0 amide bonds. The van der Waals surface area contributed by atoms with Gasteiger partial charge in [-0.15, -0.1) is 10.2 Å². The zero-order valence-corrected chi connectivity index (χ0v) is 14.5. The summed E-state index contributed by atoms with van der Waals surface area (Å²) in [6.45, 7) is 2.19. The molecular formula is C14H19N5O2S2. The molecule has 1 atom stereocenters. The maximum Gasteiger partial charge on any atom is 0.208 e. The van der Waals surface area contributed by atoms with Crippen molar-refractivity contribution in [3.8, 4) is 10.7 Å². The molecule has 23 heavy (non-hydrogen) atoms. The Labute approximate surface area is 139 Å². The lowest BCUT2D eigenvalue weighted by atomic mass is 9.99. The lowest BCUT2D eigenvalue weighted by Crippen LogP contribution is -2.40. The summed E-state index contributed by atoms with van der Waals surface area (Å²) in [7, 11) is -3.14. The number of rotatable bonds is 5. The van der Waals surface area contributed by atoms with E-state index in [4.69, 9.17) is 0 Å². The van der Waals surface area contributed by atoms with Crippen LogP contribution in [0.5, 0.6) is 0 Å². The Balaban J connectivity index is 1.66. The van der Waals surface area contributed by atoms with Gasteiger partial charge in [-0.05, 0) is 30.9 Å². The average molecular weight is 353 g/mol. The molecule has 0 spiro atoms. The first-order chi connectivity index (χ1) is 11.0. The van der Waals surface area contributed by atoms with Crippen molar-refractivity contribution in [2.75, 3.05) is 30.8 Å². The maximum absolute atomic E-state index is 11.2. The summed E-state index contributed by atoms with van der Waals surface area (Å²) in [6.07, 6.45) is 4.97. The van der Waals surface area contributed by atoms with E-state index in [-0.39, 0.29) is 0 Å². The van der Waals surface area contributed by atoms with Crippen molar-refractivity contribution in [3.05, 3.63) is 24.4 Å². The van der Waals surface area contributed by atoms with Crippen molar-refractivity contribution >= 4 is 26.5 Å². The topological polar surface area (TPSA) is 88.1 Å². The Morgan fingerprint density at radius 3 is 3.00 bits per heavy atom. The Kier molecular flexibility index (Phi) is 4.88. The minimum atomic E-state index is -3.14. The summed E-state index contributed by atoms with van der Waals surface area (Å²) in [4.78, 5) is 6.47. The smallest absolute Gasteiger partial charge is 0.208 e. The summed E-state index contributed by atoms with van der Waals surface area (Å²) >= 11 is 1.52. The quantitative estimate of drug-likeness (QED) is 0.873. The van der Waals surface area contributed by atoms with Crippen LogP contribution in [0.1, 0.15) is 12.8 Å². The van der Waals surface area contributed by atoms with E-state index in [1.54, 1.807) is 6.20 Å². The van der Waals surface area contributed by atoms with Gasteiger partial charge in [-0.25, -0.2) is 13.1 Å². The second-order valence-electron chi connectivity index (χ2n) is 5.68. The molecule has 0 saturated carbocycles. The van der Waals surface area contributed by atoms with Crippen molar-refractivity contribution in [1.29, 1.82) is 0 Å². The predicted octanol–water partition coefficient (Wildman–Crippen LogP) is 1.37. The van der Waals surface area contributed by atoms with E-state index in [1.807, 2.05) is 18.2 Å². The first kappa shape index (κ1) is 16.3. The van der Waals surface area contributed by atoms with Crippen LogP contribution in [0.2, 0.25) is 0 Å². The Hall–Kier alpha value is -1.58. The third kappa shape index (κ3) is 4.46. The van der Waals surface area contributed by atoms with Gasteiger partial charge < -0.3 is 4.90 Å². The number of hydrogen-bond donors (Lipinski definition) is 1. The van der Waals surface area contributed by atoms with E-state index in [0.29, 0.717) is 12.5 Å². The van der Waals surface area contributed by atoms with Crippen LogP contribution >= 0.6 is 11.3 Å². The third-order valence-corrected chi connectivity index (χ3v) is 5.42. The number of pyridine rings is 1. The molecule has 124 valence electrons. The van der Waals surface area contributed by atoms with E-state index in [2.05, 4.69) is 24.8 Å². The van der Waals surface area contributed by atoms with Crippen LogP contribution in [-0.2, 0) is 10.0 Å². The standard InChI is InChI=1S/C14H19N5O2S2/c1-23(20,21)16-9-11-5-4-8-19(10-11)14-18-17-13(22-14)12-6-2-3-7-15-12/h2-3,6-7,11,16H,4-5,8-10H2,1H3. The van der Waals surface area contributed by atoms with Gasteiger partial charge in [-0.3, -0.25) is 4.98 Å². The van der Waals surface area contributed by atoms with Crippen molar-refractivity contribution in [2.24, 2.45) is 5.92 Å². The van der Waals surface area contributed by atoms with Crippen molar-refractivity contribution in [2.45, 2.75) is 12.8 Å². The van der Waals surface area contributed by atoms with Gasteiger partial charge in [-0.1, -0.05) is 17.4 Å². The SMILES string of the molecule is CS(=O)(=O)NCC1CCCN(c2nnc(-c3ccccn3)s2)C1. The second kappa shape index (κ2) is 6.90. The predicted molar refractivity (Wildman–Crippen MR) is 90.9 cm³/mol. The van der Waals surface area contributed by atoms with Crippen molar-refractivity contribution in [1.82, 2.24) is 19.9 Å². The van der Waals surface area contributed by atoms with Gasteiger partial charge in [0, 0.05) is 25.8 Å². The van der Waals surface area contributed by atoms with Crippen LogP contribution in [-0.4, -0.2) is 49.5 Å². The van der Waals surface area contributed by atoms with Gasteiger partial charge in [0.25, 0.3) is 0 Å². The third-order valence-electron chi connectivity index (χ3n) is 3.72. The Morgan fingerprint density at radius 1 is 1.39 bits per heavy atom. The Morgan fingerprint density at radius 2 is 2.26 bits per heavy atom. The molecular weight excluding hydrogens is 334 g/mol. The first-order valence-electron chi connectivity index (χ1n) is 7.46. The van der Waals surface area contributed by atoms with Crippen LogP contribution in [0.4, 0.5) is 5.13 Å². The number of aromatic nitrogens is 3. The number of nitrogens with zero attached hydrogens (tertiary/aromatic N) is 4. The summed E-state index contributed by atoms with van der Waals surface area (Å²) in [5, 5.41) is 10.2. The van der Waals surface area contributed by atoms with Crippen LogP contribution in [0.25, 0.3) is 10.7 Å². The van der Waals surface area contributed by atoms with E-state index < -0.39 is 10.0 Å². The molecule has 1 fully saturated rings. The fraction of sp³-hybridized carbons (Fsp3) is 0.500. The molecule has 0 aliphatic carbocycles. The molecule has 0 radical (unpaired) electrons. The molecule has 3 rings (SSSR count). The molecule has 1 saturated heterocycles. The lowest BCUT2D eigenvalue weighted by Gasteiger charge is -2.32. The van der Waals surface area contributed by atoms with E-state index in [1.165, 1.54) is 17.6 Å². The van der Waals surface area contributed by atoms with Gasteiger partial charge in [0.2, 0.25) is 15.2 Å². The molecule has 1 aliphatic heterocycles. The van der Waals surface area contributed by atoms with Crippen LogP contribution in [0.15, 0.2) is 24.4 Å². The fourth-order valence-corrected chi connectivity index (χ4v) is 4.01. The summed E-state index contributed by atoms with van der Waals surface area (Å²) in [5.41, 5.74) is 0.823. The summed E-state index contributed by atoms with van der Waals surface area (Å²) in [6, 6.07) is 5.71. The fourth-order valence-electron chi connectivity index (χ4n) is 2.61. The molecule has 0 bridgehead atoms. The minimum Gasteiger partial charge on any atom is -0.346 e. The largest absolute Gasteiger partial charge is 0.346 e. The zero-order valence-electron chi connectivity index (χ0n) is 12.8. The lowest BCUT2D eigenvalue weighted by molar-refractivity contribution is 0.410. The Bertz CT molecular complexity index is 748. The molecule has 9 heteroatoms. The molecule has 2 aromatic heterocycles. The number of nitrogens with one attached hydrogen (secondary N) is 1. The molecule has 1 aliphatic rings. The number of piperidine rings is 1. The van der Waals surface area contributed by atoms with Crippen molar-refractivity contribution in [3.63, 3.8) is 0 Å². The number of anilines is 1. The monoisotopic (exact) mass is 353 g/mol. The first-order valence-corrected chi connectivity index (χ1v) is 10.2. The van der Waals surface area contributed by atoms with E-state index in [0.717, 1.165) is 41.8 Å². The van der Waals surface area contributed by atoms with Crippen LogP contribution in [0.3, 0.4) is 0 Å². The maximum atomic E-state index is 11.2. The molecule has 2 aromatic rings. The highest BCUT2D eigenvalue weighted by molar-refractivity contribution is 7.88. The van der Waals surface area contributed by atoms with Gasteiger partial charge >= 0.3 is 0 Å². The van der Waals surface area contributed by atoms with Crippen LogP contribution in [0, 0.1) is 5.92 Å². The average Bonchev–Trinajstić information content (AvgIpc) is 3.03. The highest BCUT2D eigenvalue weighted by Crippen LogP contribution is 2.30. The van der Waals surface area contributed by atoms with Crippen molar-refractivity contribution < 1.29 is 8.42 Å². The van der Waals surface area contributed by atoms with Gasteiger partial charge in [-0.2, -0.15) is 0 Å². The highest BCUT2D eigenvalue weighted by atomic mass is 32.2. The molecule has 1 unspecified atom stereocenters. The summed E-state index contributed by atoms with van der Waals surface area (Å²) in [5.74, 6) is 0.292. The van der Waals surface area contributed by atoms with Crippen LogP contribution < -0.4 is 9.62 Å². The minimum absolute atomic E-state index is 0.292. The molecule has 0 aromatic carbocycles. The number of sulfonamides is 1. The van der Waals surface area contributed by atoms with E-state index >= 15 is 0 Å². The van der Waals surface area contributed by atoms with Gasteiger partial charge in [0.1, 0.15) is 5.69 Å². The van der Waals surface area contributed by atoms with E-state index in [9.17, 15) is 8.42 Å². The molecule has 1 N–H and O–H groups in total. The van der Waals surface area contributed by atoms with Gasteiger partial charge in [0.15, 0.2) is 5.01 Å². The highest BCUT2D eigenvalue weighted by Gasteiger charge is 2.23. The normalized spacial score (nSPS) is 19.0. The molecule has 3 heterocycles. The summed E-state index contributed by atoms with van der Waals surface area (Å²) < 4.78 is 25.1.